The average molecular weight is 361 g/mol. The van der Waals surface area contributed by atoms with E-state index in [0.29, 0.717) is 4.47 Å². The number of hydrogen-bond acceptors (Lipinski definition) is 4. The largest absolute Gasteiger partial charge is 0.448 e. The fourth-order valence-corrected chi connectivity index (χ4v) is 1.85. The molecule has 1 aromatic carbocycles. The van der Waals surface area contributed by atoms with E-state index in [0.717, 1.165) is 6.07 Å². The molecular weight excluding hydrogens is 347 g/mol. The maximum atomic E-state index is 13.7. The lowest BCUT2D eigenvalue weighted by atomic mass is 10.1. The highest BCUT2D eigenvalue weighted by Gasteiger charge is 2.28. The number of esters is 1. The molecule has 1 aromatic rings. The lowest BCUT2D eigenvalue weighted by Gasteiger charge is -2.20. The van der Waals surface area contributed by atoms with Crippen molar-refractivity contribution in [1.29, 1.82) is 0 Å². The van der Waals surface area contributed by atoms with E-state index in [2.05, 4.69) is 15.9 Å². The molecule has 0 aliphatic carbocycles. The number of carbonyl (C=O) groups is 3. The molecule has 0 aliphatic heterocycles. The maximum Gasteiger partial charge on any atom is 0.341 e. The van der Waals surface area contributed by atoms with Crippen LogP contribution >= 0.6 is 15.9 Å². The van der Waals surface area contributed by atoms with Gasteiger partial charge in [-0.05, 0) is 24.1 Å². The summed E-state index contributed by atoms with van der Waals surface area (Å²) in [5, 5.41) is 1.83. The first-order valence-electron chi connectivity index (χ1n) is 5.98. The van der Waals surface area contributed by atoms with E-state index in [1.807, 2.05) is 5.32 Å². The summed E-state index contributed by atoms with van der Waals surface area (Å²) in [5.74, 6) is -3.07. The van der Waals surface area contributed by atoms with Crippen LogP contribution in [0.2, 0.25) is 0 Å². The number of nitrogens with one attached hydrogen (secondary N) is 1. The number of rotatable bonds is 4. The first kappa shape index (κ1) is 17.1. The molecule has 0 radical (unpaired) electrons. The summed E-state index contributed by atoms with van der Waals surface area (Å²) in [6.45, 7) is 3.22. The molecule has 0 saturated carbocycles. The molecule has 0 heterocycles. The molecular formula is C13H14BrFN2O4. The molecule has 1 rings (SSSR count). The SMILES string of the molecule is CC(C)[C@H](OC(=O)c1ccc(Br)cc1F)C(=O)NC(N)=O. The lowest BCUT2D eigenvalue weighted by molar-refractivity contribution is -0.130. The van der Waals surface area contributed by atoms with Gasteiger partial charge in [-0.1, -0.05) is 29.8 Å². The van der Waals surface area contributed by atoms with Gasteiger partial charge in [0.05, 0.1) is 5.56 Å². The van der Waals surface area contributed by atoms with Gasteiger partial charge >= 0.3 is 12.0 Å². The summed E-state index contributed by atoms with van der Waals surface area (Å²) in [5.41, 5.74) is 4.53. The van der Waals surface area contributed by atoms with Gasteiger partial charge in [0.1, 0.15) is 5.82 Å². The molecule has 0 bridgehead atoms. The standard InChI is InChI=1S/C13H14BrFN2O4/c1-6(2)10(11(18)17-13(16)20)21-12(19)8-4-3-7(14)5-9(8)15/h3-6,10H,1-2H3,(H3,16,17,18,20)/t10-/m0/s1. The third-order valence-electron chi connectivity index (χ3n) is 2.50. The molecule has 21 heavy (non-hydrogen) atoms. The molecule has 0 fully saturated rings. The van der Waals surface area contributed by atoms with Crippen LogP contribution in [0, 0.1) is 11.7 Å². The number of halogens is 2. The van der Waals surface area contributed by atoms with Crippen molar-refractivity contribution in [1.82, 2.24) is 5.32 Å². The summed E-state index contributed by atoms with van der Waals surface area (Å²) in [7, 11) is 0. The van der Waals surface area contributed by atoms with E-state index in [1.54, 1.807) is 13.8 Å². The van der Waals surface area contributed by atoms with E-state index < -0.39 is 35.7 Å². The Hall–Kier alpha value is -1.96. The predicted molar refractivity (Wildman–Crippen MR) is 75.9 cm³/mol. The average Bonchev–Trinajstić information content (AvgIpc) is 2.34. The van der Waals surface area contributed by atoms with Gasteiger partial charge in [-0.2, -0.15) is 0 Å². The first-order chi connectivity index (χ1) is 9.72. The molecule has 6 nitrogen and oxygen atoms in total. The molecule has 114 valence electrons. The van der Waals surface area contributed by atoms with Crippen molar-refractivity contribution >= 4 is 33.8 Å². The van der Waals surface area contributed by atoms with Gasteiger partial charge in [-0.15, -0.1) is 0 Å². The summed E-state index contributed by atoms with van der Waals surface area (Å²) in [4.78, 5) is 34.3. The van der Waals surface area contributed by atoms with E-state index in [1.165, 1.54) is 12.1 Å². The normalized spacial score (nSPS) is 11.9. The number of urea groups is 1. The van der Waals surface area contributed by atoms with Crippen LogP contribution in [0.15, 0.2) is 22.7 Å². The molecule has 3 N–H and O–H groups in total. The van der Waals surface area contributed by atoms with Crippen LogP contribution in [0.3, 0.4) is 0 Å². The maximum absolute atomic E-state index is 13.7. The zero-order chi connectivity index (χ0) is 16.2. The summed E-state index contributed by atoms with van der Waals surface area (Å²) in [6.07, 6.45) is -1.26. The number of nitrogens with two attached hydrogens (primary N) is 1. The Morgan fingerprint density at radius 2 is 1.95 bits per heavy atom. The number of ether oxygens (including phenoxy) is 1. The minimum absolute atomic E-state index is 0.310. The van der Waals surface area contributed by atoms with Crippen LogP contribution in [0.5, 0.6) is 0 Å². The molecule has 8 heteroatoms. The molecule has 0 aliphatic rings. The number of amides is 3. The molecule has 0 saturated heterocycles. The van der Waals surface area contributed by atoms with Gasteiger partial charge in [-0.25, -0.2) is 14.0 Å². The molecule has 0 aromatic heterocycles. The van der Waals surface area contributed by atoms with Crippen LogP contribution in [-0.4, -0.2) is 24.0 Å². The zero-order valence-corrected chi connectivity index (χ0v) is 12.9. The third-order valence-corrected chi connectivity index (χ3v) is 2.99. The van der Waals surface area contributed by atoms with Gasteiger partial charge in [0.15, 0.2) is 6.10 Å². The Kier molecular flexibility index (Phi) is 5.83. The molecule has 1 atom stereocenters. The quantitative estimate of drug-likeness (QED) is 0.801. The smallest absolute Gasteiger partial charge is 0.341 e. The van der Waals surface area contributed by atoms with Gasteiger partial charge in [-0.3, -0.25) is 10.1 Å². The highest BCUT2D eigenvalue weighted by atomic mass is 79.9. The minimum atomic E-state index is -1.26. The molecule has 0 unspecified atom stereocenters. The predicted octanol–water partition coefficient (Wildman–Crippen LogP) is 1.96. The minimum Gasteiger partial charge on any atom is -0.448 e. The Balaban J connectivity index is 2.91. The second-order valence-corrected chi connectivity index (χ2v) is 5.46. The summed E-state index contributed by atoms with van der Waals surface area (Å²) >= 11 is 3.06. The number of benzene rings is 1. The van der Waals surface area contributed by atoms with Crippen molar-refractivity contribution in [3.05, 3.63) is 34.1 Å². The molecule has 0 spiro atoms. The van der Waals surface area contributed by atoms with Gasteiger partial charge in [0.25, 0.3) is 5.91 Å². The molecule has 3 amide bonds. The van der Waals surface area contributed by atoms with Crippen molar-refractivity contribution in [3.63, 3.8) is 0 Å². The second kappa shape index (κ2) is 7.16. The second-order valence-electron chi connectivity index (χ2n) is 4.55. The van der Waals surface area contributed by atoms with Crippen LogP contribution in [0.1, 0.15) is 24.2 Å². The van der Waals surface area contributed by atoms with Crippen molar-refractivity contribution < 1.29 is 23.5 Å². The van der Waals surface area contributed by atoms with E-state index >= 15 is 0 Å². The summed E-state index contributed by atoms with van der Waals surface area (Å²) in [6, 6.07) is 2.74. The van der Waals surface area contributed by atoms with Crippen molar-refractivity contribution in [2.24, 2.45) is 11.7 Å². The Morgan fingerprint density at radius 1 is 1.33 bits per heavy atom. The zero-order valence-electron chi connectivity index (χ0n) is 11.4. The van der Waals surface area contributed by atoms with Crippen LogP contribution < -0.4 is 11.1 Å². The van der Waals surface area contributed by atoms with Crippen LogP contribution in [-0.2, 0) is 9.53 Å². The van der Waals surface area contributed by atoms with Crippen molar-refractivity contribution in [2.75, 3.05) is 0 Å². The van der Waals surface area contributed by atoms with Gasteiger partial charge in [0.2, 0.25) is 0 Å². The van der Waals surface area contributed by atoms with Crippen LogP contribution in [0.4, 0.5) is 9.18 Å². The van der Waals surface area contributed by atoms with E-state index in [4.69, 9.17) is 10.5 Å². The number of primary amides is 1. The topological polar surface area (TPSA) is 98.5 Å². The van der Waals surface area contributed by atoms with Gasteiger partial charge < -0.3 is 10.5 Å². The van der Waals surface area contributed by atoms with Crippen molar-refractivity contribution in [3.8, 4) is 0 Å². The Labute approximate surface area is 129 Å². The van der Waals surface area contributed by atoms with E-state index in [9.17, 15) is 18.8 Å². The first-order valence-corrected chi connectivity index (χ1v) is 6.78. The Morgan fingerprint density at radius 3 is 2.43 bits per heavy atom. The number of carbonyl (C=O) groups excluding carboxylic acids is 3. The lowest BCUT2D eigenvalue weighted by Crippen LogP contribution is -2.45. The number of imide groups is 1. The Bertz CT molecular complexity index is 577. The fraction of sp³-hybridized carbons (Fsp3) is 0.308. The van der Waals surface area contributed by atoms with Crippen molar-refractivity contribution in [2.45, 2.75) is 20.0 Å². The fourth-order valence-electron chi connectivity index (χ4n) is 1.52. The third kappa shape index (κ3) is 4.82. The van der Waals surface area contributed by atoms with Gasteiger partial charge in [0, 0.05) is 4.47 Å². The number of hydrogen-bond donors (Lipinski definition) is 2. The highest BCUT2D eigenvalue weighted by molar-refractivity contribution is 9.10. The van der Waals surface area contributed by atoms with Crippen LogP contribution in [0.25, 0.3) is 0 Å². The van der Waals surface area contributed by atoms with E-state index in [-0.39, 0.29) is 5.56 Å². The highest BCUT2D eigenvalue weighted by Crippen LogP contribution is 2.18. The summed E-state index contributed by atoms with van der Waals surface area (Å²) < 4.78 is 19.1. The monoisotopic (exact) mass is 360 g/mol.